The van der Waals surface area contributed by atoms with Crippen LogP contribution in [0.1, 0.15) is 114 Å². The van der Waals surface area contributed by atoms with Gasteiger partial charge in [0.25, 0.3) is 5.91 Å². The number of piperidine rings is 1. The average molecular weight is 583 g/mol. The summed E-state index contributed by atoms with van der Waals surface area (Å²) in [6.45, 7) is 10.7. The number of anilines is 1. The molecule has 236 valence electrons. The van der Waals surface area contributed by atoms with Gasteiger partial charge in [0.15, 0.2) is 0 Å². The molecule has 2 aromatic rings. The number of nitrogens with zero attached hydrogens (tertiary/aromatic N) is 4. The number of fused-ring (bicyclic) bond motifs is 1. The zero-order valence-electron chi connectivity index (χ0n) is 26.8. The van der Waals surface area contributed by atoms with Crippen LogP contribution in [-0.2, 0) is 7.05 Å². The Hall–Kier alpha value is -2.16. The minimum atomic E-state index is -0.0934. The van der Waals surface area contributed by atoms with Gasteiger partial charge in [-0.15, -0.1) is 0 Å². The molecule has 0 unspecified atom stereocenters. The molecule has 2 aliphatic heterocycles. The number of aliphatic hydroxyl groups excluding tert-OH is 1. The summed E-state index contributed by atoms with van der Waals surface area (Å²) in [5.74, 6) is 1.05. The number of aliphatic hydroxyl groups is 1. The third-order valence-corrected chi connectivity index (χ3v) is 9.42. The van der Waals surface area contributed by atoms with Gasteiger partial charge in [-0.25, -0.2) is 4.98 Å². The van der Waals surface area contributed by atoms with Crippen molar-refractivity contribution in [1.29, 1.82) is 0 Å². The van der Waals surface area contributed by atoms with E-state index >= 15 is 0 Å². The molecule has 1 amide bonds. The molecule has 2 aromatic heterocycles. The van der Waals surface area contributed by atoms with Crippen LogP contribution in [-0.4, -0.2) is 82.9 Å². The molecule has 3 N–H and O–H groups in total. The molecule has 3 aliphatic rings. The fourth-order valence-electron chi connectivity index (χ4n) is 6.67. The van der Waals surface area contributed by atoms with Crippen LogP contribution in [0.25, 0.3) is 11.0 Å². The molecule has 8 nitrogen and oxygen atoms in total. The molecule has 0 bridgehead atoms. The molecule has 0 atom stereocenters. The van der Waals surface area contributed by atoms with E-state index in [0.29, 0.717) is 6.04 Å². The van der Waals surface area contributed by atoms with Gasteiger partial charge in [0.2, 0.25) is 0 Å². The van der Waals surface area contributed by atoms with E-state index in [1.807, 2.05) is 17.8 Å². The van der Waals surface area contributed by atoms with E-state index in [1.165, 1.54) is 51.4 Å². The number of aromatic nitrogens is 2. The molecule has 1 aliphatic carbocycles. The molecule has 1 saturated carbocycles. The van der Waals surface area contributed by atoms with Gasteiger partial charge in [0, 0.05) is 70.0 Å². The fourth-order valence-corrected chi connectivity index (χ4v) is 6.67. The summed E-state index contributed by atoms with van der Waals surface area (Å²) >= 11 is 0. The first-order chi connectivity index (χ1) is 20.5. The number of carbonyl (C=O) groups is 1. The standard InChI is InChI=1S/C28H44N6O2.C6H14/c1-32-20-25(24-10-11-26(31-27(24)32)34-15-4-2-3-5-16-34)28(36)30-22-12-17-33(18-13-22)19-14-29-21-6-8-23(35)9-7-21;1-3-5-6-4-2/h10-11,20-23,29,35H,2-9,12-19H2,1H3,(H,30,36);3-6H2,1-2H3. The first kappa shape index (κ1) is 32.7. The second-order valence-electron chi connectivity index (χ2n) is 12.9. The second kappa shape index (κ2) is 17.2. The maximum Gasteiger partial charge on any atom is 0.253 e. The van der Waals surface area contributed by atoms with Crippen molar-refractivity contribution in [3.63, 3.8) is 0 Å². The first-order valence-electron chi connectivity index (χ1n) is 17.1. The van der Waals surface area contributed by atoms with Gasteiger partial charge in [0.1, 0.15) is 11.5 Å². The van der Waals surface area contributed by atoms with Crippen LogP contribution in [0.3, 0.4) is 0 Å². The third kappa shape index (κ3) is 9.68. The zero-order chi connectivity index (χ0) is 29.7. The highest BCUT2D eigenvalue weighted by molar-refractivity contribution is 6.06. The molecule has 4 heterocycles. The van der Waals surface area contributed by atoms with Gasteiger partial charge in [0.05, 0.1) is 11.7 Å². The normalized spacial score (nSPS) is 22.4. The highest BCUT2D eigenvalue weighted by Crippen LogP contribution is 2.25. The topological polar surface area (TPSA) is 85.7 Å². The Morgan fingerprint density at radius 3 is 2.21 bits per heavy atom. The van der Waals surface area contributed by atoms with E-state index in [2.05, 4.69) is 46.4 Å². The maximum absolute atomic E-state index is 13.2. The Bertz CT molecular complexity index is 1060. The average Bonchev–Trinajstić information content (AvgIpc) is 3.15. The molecule has 5 rings (SSSR count). The van der Waals surface area contributed by atoms with E-state index in [4.69, 9.17) is 4.98 Å². The molecular formula is C34H58N6O2. The quantitative estimate of drug-likeness (QED) is 0.315. The summed E-state index contributed by atoms with van der Waals surface area (Å²) in [5, 5.41) is 17.6. The molecule has 2 saturated heterocycles. The highest BCUT2D eigenvalue weighted by atomic mass is 16.3. The van der Waals surface area contributed by atoms with Crippen molar-refractivity contribution in [2.45, 2.75) is 122 Å². The fraction of sp³-hybridized carbons (Fsp3) is 0.765. The van der Waals surface area contributed by atoms with E-state index in [0.717, 1.165) is 100 Å². The Morgan fingerprint density at radius 1 is 0.905 bits per heavy atom. The van der Waals surface area contributed by atoms with Crippen molar-refractivity contribution < 1.29 is 9.90 Å². The van der Waals surface area contributed by atoms with Gasteiger partial charge >= 0.3 is 0 Å². The lowest BCUT2D eigenvalue weighted by Crippen LogP contribution is -2.47. The van der Waals surface area contributed by atoms with E-state index in [-0.39, 0.29) is 18.1 Å². The van der Waals surface area contributed by atoms with Gasteiger partial charge in [-0.2, -0.15) is 0 Å². The number of aryl methyl sites for hydroxylation is 1. The van der Waals surface area contributed by atoms with Crippen molar-refractivity contribution in [2.75, 3.05) is 44.2 Å². The smallest absolute Gasteiger partial charge is 0.253 e. The number of hydrogen-bond acceptors (Lipinski definition) is 6. The number of likely N-dealkylation sites (tertiary alicyclic amines) is 1. The Balaban J connectivity index is 0.000000612. The van der Waals surface area contributed by atoms with E-state index in [1.54, 1.807) is 0 Å². The molecule has 0 spiro atoms. The molecular weight excluding hydrogens is 524 g/mol. The van der Waals surface area contributed by atoms with Crippen molar-refractivity contribution in [3.8, 4) is 0 Å². The number of pyridine rings is 1. The minimum absolute atomic E-state index is 0.0181. The summed E-state index contributed by atoms with van der Waals surface area (Å²) in [4.78, 5) is 23.1. The molecule has 42 heavy (non-hydrogen) atoms. The SMILES string of the molecule is CCCCCC.Cn1cc(C(=O)NC2CCN(CCNC3CCC(O)CC3)CC2)c2ccc(N3CCCCCC3)nc21. The predicted octanol–water partition coefficient (Wildman–Crippen LogP) is 5.63. The Morgan fingerprint density at radius 2 is 1.57 bits per heavy atom. The number of amides is 1. The van der Waals surface area contributed by atoms with Crippen LogP contribution in [0.4, 0.5) is 5.82 Å². The number of hydrogen-bond donors (Lipinski definition) is 3. The lowest BCUT2D eigenvalue weighted by molar-refractivity contribution is 0.0911. The van der Waals surface area contributed by atoms with Crippen molar-refractivity contribution in [1.82, 2.24) is 25.1 Å². The lowest BCUT2D eigenvalue weighted by Gasteiger charge is -2.33. The van der Waals surface area contributed by atoms with Gasteiger partial charge in [-0.05, 0) is 63.5 Å². The number of rotatable bonds is 10. The number of carbonyl (C=O) groups excluding carboxylic acids is 1. The van der Waals surface area contributed by atoms with Crippen molar-refractivity contribution in [2.24, 2.45) is 7.05 Å². The summed E-state index contributed by atoms with van der Waals surface area (Å²) in [6, 6.07) is 4.95. The minimum Gasteiger partial charge on any atom is -0.393 e. The Labute approximate surface area is 254 Å². The summed E-state index contributed by atoms with van der Waals surface area (Å²) in [7, 11) is 1.99. The largest absolute Gasteiger partial charge is 0.393 e. The van der Waals surface area contributed by atoms with E-state index in [9.17, 15) is 9.90 Å². The molecule has 0 radical (unpaired) electrons. The van der Waals surface area contributed by atoms with Crippen LogP contribution in [0.5, 0.6) is 0 Å². The monoisotopic (exact) mass is 582 g/mol. The number of nitrogens with one attached hydrogen (secondary N) is 2. The van der Waals surface area contributed by atoms with Crippen LogP contribution in [0.15, 0.2) is 18.3 Å². The molecule has 8 heteroatoms. The zero-order valence-corrected chi connectivity index (χ0v) is 26.8. The Kier molecular flexibility index (Phi) is 13.4. The van der Waals surface area contributed by atoms with Gasteiger partial charge < -0.3 is 30.1 Å². The molecule has 3 fully saturated rings. The van der Waals surface area contributed by atoms with Crippen molar-refractivity contribution in [3.05, 3.63) is 23.9 Å². The third-order valence-electron chi connectivity index (χ3n) is 9.42. The van der Waals surface area contributed by atoms with Crippen LogP contribution < -0.4 is 15.5 Å². The van der Waals surface area contributed by atoms with Crippen LogP contribution >= 0.6 is 0 Å². The molecule has 0 aromatic carbocycles. The summed E-state index contributed by atoms with van der Waals surface area (Å²) < 4.78 is 1.99. The highest BCUT2D eigenvalue weighted by Gasteiger charge is 2.24. The first-order valence-corrected chi connectivity index (χ1v) is 17.1. The second-order valence-corrected chi connectivity index (χ2v) is 12.9. The van der Waals surface area contributed by atoms with Crippen LogP contribution in [0.2, 0.25) is 0 Å². The van der Waals surface area contributed by atoms with Crippen molar-refractivity contribution >= 4 is 22.8 Å². The number of unbranched alkanes of at least 4 members (excludes halogenated alkanes) is 3. The van der Waals surface area contributed by atoms with Gasteiger partial charge in [-0.1, -0.05) is 52.4 Å². The summed E-state index contributed by atoms with van der Waals surface area (Å²) in [5.41, 5.74) is 1.61. The van der Waals surface area contributed by atoms with Gasteiger partial charge in [-0.3, -0.25) is 4.79 Å². The summed E-state index contributed by atoms with van der Waals surface area (Å²) in [6.07, 6.45) is 18.4. The lowest BCUT2D eigenvalue weighted by atomic mass is 9.93. The maximum atomic E-state index is 13.2. The van der Waals surface area contributed by atoms with Crippen LogP contribution in [0, 0.1) is 0 Å². The van der Waals surface area contributed by atoms with E-state index < -0.39 is 0 Å². The predicted molar refractivity (Wildman–Crippen MR) is 174 cm³/mol.